The largest absolute Gasteiger partial charge is 0.372 e. The van der Waals surface area contributed by atoms with E-state index < -0.39 is 0 Å². The molecule has 0 atom stereocenters. The van der Waals surface area contributed by atoms with Crippen LogP contribution in [-0.2, 0) is 4.74 Å². The van der Waals surface area contributed by atoms with E-state index in [4.69, 9.17) is 4.74 Å². The minimum Gasteiger partial charge on any atom is -0.372 e. The van der Waals surface area contributed by atoms with Crippen molar-refractivity contribution in [2.45, 2.75) is 13.3 Å². The number of nitrogens with zero attached hydrogens (tertiary/aromatic N) is 3. The van der Waals surface area contributed by atoms with Crippen molar-refractivity contribution in [3.63, 3.8) is 0 Å². The van der Waals surface area contributed by atoms with Crippen molar-refractivity contribution >= 4 is 11.6 Å². The van der Waals surface area contributed by atoms with Crippen molar-refractivity contribution in [1.29, 1.82) is 0 Å². The summed E-state index contributed by atoms with van der Waals surface area (Å²) in [4.78, 5) is 24.2. The molecule has 0 unspecified atom stereocenters. The molecule has 0 spiro atoms. The summed E-state index contributed by atoms with van der Waals surface area (Å²) in [6, 6.07) is 7.38. The molecule has 27 heavy (non-hydrogen) atoms. The molecule has 1 saturated heterocycles. The first kappa shape index (κ1) is 19.0. The smallest absolute Gasteiger partial charge is 0.213 e. The lowest BCUT2D eigenvalue weighted by atomic mass is 10.0. The molecule has 0 aromatic carbocycles. The van der Waals surface area contributed by atoms with Crippen LogP contribution in [-0.4, -0.2) is 55.6 Å². The number of hydrogen-bond donors (Lipinski definition) is 1. The van der Waals surface area contributed by atoms with Gasteiger partial charge in [-0.15, -0.1) is 0 Å². The summed E-state index contributed by atoms with van der Waals surface area (Å²) in [6.07, 6.45) is 2.73. The van der Waals surface area contributed by atoms with E-state index in [2.05, 4.69) is 32.0 Å². The van der Waals surface area contributed by atoms with E-state index in [1.54, 1.807) is 25.4 Å². The SMILES string of the molecule is COCC#Cc1cnc(C)c(C(=O)c2cccc(N3CCCNCC3)n2)c1. The fraction of sp³-hybridized carbons (Fsp3) is 0.381. The van der Waals surface area contributed by atoms with Crippen LogP contribution in [0.15, 0.2) is 30.5 Å². The number of pyridine rings is 2. The molecule has 6 nitrogen and oxygen atoms in total. The van der Waals surface area contributed by atoms with E-state index in [-0.39, 0.29) is 5.78 Å². The van der Waals surface area contributed by atoms with Gasteiger partial charge in [-0.05, 0) is 38.1 Å². The molecule has 2 aromatic heterocycles. The number of methoxy groups -OCH3 is 1. The molecule has 0 saturated carbocycles. The van der Waals surface area contributed by atoms with Gasteiger partial charge in [0, 0.05) is 49.8 Å². The van der Waals surface area contributed by atoms with E-state index in [0.717, 1.165) is 38.4 Å². The van der Waals surface area contributed by atoms with Crippen molar-refractivity contribution < 1.29 is 9.53 Å². The predicted octanol–water partition coefficient (Wildman–Crippen LogP) is 1.81. The van der Waals surface area contributed by atoms with Crippen molar-refractivity contribution in [3.05, 3.63) is 53.0 Å². The molecular formula is C21H24N4O2. The fourth-order valence-electron chi connectivity index (χ4n) is 2.98. The first-order valence-electron chi connectivity index (χ1n) is 9.11. The molecule has 1 aliphatic heterocycles. The number of carbonyl (C=O) groups is 1. The number of ketones is 1. The van der Waals surface area contributed by atoms with Crippen molar-refractivity contribution in [2.24, 2.45) is 0 Å². The van der Waals surface area contributed by atoms with Gasteiger partial charge in [0.1, 0.15) is 18.1 Å². The number of anilines is 1. The molecule has 0 amide bonds. The Morgan fingerprint density at radius 3 is 3.07 bits per heavy atom. The molecule has 3 heterocycles. The van der Waals surface area contributed by atoms with Crippen LogP contribution in [0.4, 0.5) is 5.82 Å². The van der Waals surface area contributed by atoms with E-state index in [1.165, 1.54) is 0 Å². The maximum absolute atomic E-state index is 13.0. The van der Waals surface area contributed by atoms with Gasteiger partial charge >= 0.3 is 0 Å². The number of rotatable bonds is 4. The quantitative estimate of drug-likeness (QED) is 0.659. The number of ether oxygens (including phenoxy) is 1. The molecule has 140 valence electrons. The lowest BCUT2D eigenvalue weighted by molar-refractivity contribution is 0.103. The topological polar surface area (TPSA) is 67.3 Å². The summed E-state index contributed by atoms with van der Waals surface area (Å²) in [5, 5.41) is 3.38. The summed E-state index contributed by atoms with van der Waals surface area (Å²) in [5.74, 6) is 6.55. The average molecular weight is 364 g/mol. The number of hydrogen-bond acceptors (Lipinski definition) is 6. The van der Waals surface area contributed by atoms with Gasteiger partial charge in [-0.3, -0.25) is 9.78 Å². The number of aromatic nitrogens is 2. The Morgan fingerprint density at radius 2 is 2.22 bits per heavy atom. The Bertz CT molecular complexity index is 862. The zero-order valence-electron chi connectivity index (χ0n) is 15.8. The highest BCUT2D eigenvalue weighted by Gasteiger charge is 2.17. The van der Waals surface area contributed by atoms with Crippen molar-refractivity contribution in [3.8, 4) is 11.8 Å². The lowest BCUT2D eigenvalue weighted by Gasteiger charge is -2.21. The minimum absolute atomic E-state index is 0.134. The lowest BCUT2D eigenvalue weighted by Crippen LogP contribution is -2.29. The molecule has 1 fully saturated rings. The molecule has 0 aliphatic carbocycles. The van der Waals surface area contributed by atoms with Crippen LogP contribution in [0.1, 0.15) is 33.7 Å². The molecule has 1 aliphatic rings. The molecule has 6 heteroatoms. The van der Waals surface area contributed by atoms with E-state index in [0.29, 0.717) is 29.1 Å². The standard InChI is InChI=1S/C21H24N4O2/c1-16-18(14-17(15-23-16)6-4-13-27-2)21(26)19-7-3-8-20(24-19)25-11-5-9-22-10-12-25/h3,7-8,14-15,22H,5,9-13H2,1-2H3. The van der Waals surface area contributed by atoms with Crippen molar-refractivity contribution in [2.75, 3.05) is 44.8 Å². The van der Waals surface area contributed by atoms with Crippen LogP contribution in [0.5, 0.6) is 0 Å². The Balaban J connectivity index is 1.86. The normalized spacial score (nSPS) is 14.2. The van der Waals surface area contributed by atoms with Gasteiger partial charge in [-0.1, -0.05) is 17.9 Å². The van der Waals surface area contributed by atoms with Crippen LogP contribution in [0.3, 0.4) is 0 Å². The van der Waals surface area contributed by atoms with Gasteiger partial charge < -0.3 is 15.0 Å². The minimum atomic E-state index is -0.134. The van der Waals surface area contributed by atoms with Gasteiger partial charge in [-0.25, -0.2) is 4.98 Å². The molecule has 1 N–H and O–H groups in total. The molecule has 2 aromatic rings. The number of nitrogens with one attached hydrogen (secondary N) is 1. The Morgan fingerprint density at radius 1 is 1.33 bits per heavy atom. The third-order valence-electron chi connectivity index (χ3n) is 4.41. The van der Waals surface area contributed by atoms with Crippen LogP contribution in [0.25, 0.3) is 0 Å². The zero-order chi connectivity index (χ0) is 19.1. The first-order chi connectivity index (χ1) is 13.2. The molecule has 0 radical (unpaired) electrons. The maximum Gasteiger partial charge on any atom is 0.213 e. The summed E-state index contributed by atoms with van der Waals surface area (Å²) < 4.78 is 4.93. The molecular weight excluding hydrogens is 340 g/mol. The third-order valence-corrected chi connectivity index (χ3v) is 4.41. The van der Waals surface area contributed by atoms with Gasteiger partial charge in [-0.2, -0.15) is 0 Å². The second kappa shape index (κ2) is 9.26. The third kappa shape index (κ3) is 4.91. The summed E-state index contributed by atoms with van der Waals surface area (Å²) in [7, 11) is 1.59. The van der Waals surface area contributed by atoms with Gasteiger partial charge in [0.25, 0.3) is 0 Å². The van der Waals surface area contributed by atoms with Gasteiger partial charge in [0.15, 0.2) is 0 Å². The Labute approximate surface area is 160 Å². The second-order valence-electron chi connectivity index (χ2n) is 6.39. The Kier molecular flexibility index (Phi) is 6.53. The van der Waals surface area contributed by atoms with E-state index in [9.17, 15) is 4.79 Å². The monoisotopic (exact) mass is 364 g/mol. The Hall–Kier alpha value is -2.75. The second-order valence-corrected chi connectivity index (χ2v) is 6.39. The molecule has 3 rings (SSSR count). The summed E-state index contributed by atoms with van der Waals surface area (Å²) >= 11 is 0. The summed E-state index contributed by atoms with van der Waals surface area (Å²) in [5.41, 5.74) is 2.32. The van der Waals surface area contributed by atoms with E-state index in [1.807, 2.05) is 19.1 Å². The zero-order valence-corrected chi connectivity index (χ0v) is 15.8. The highest BCUT2D eigenvalue weighted by Crippen LogP contribution is 2.17. The van der Waals surface area contributed by atoms with Crippen molar-refractivity contribution in [1.82, 2.24) is 15.3 Å². The summed E-state index contributed by atoms with van der Waals surface area (Å²) in [6.45, 7) is 5.91. The maximum atomic E-state index is 13.0. The average Bonchev–Trinajstić information content (AvgIpc) is 2.98. The first-order valence-corrected chi connectivity index (χ1v) is 9.11. The highest BCUT2D eigenvalue weighted by atomic mass is 16.5. The molecule has 0 bridgehead atoms. The fourth-order valence-corrected chi connectivity index (χ4v) is 2.98. The van der Waals surface area contributed by atoms with E-state index >= 15 is 0 Å². The van der Waals surface area contributed by atoms with Crippen LogP contribution < -0.4 is 10.2 Å². The van der Waals surface area contributed by atoms with Gasteiger partial charge in [0.05, 0.1) is 0 Å². The number of aryl methyl sites for hydroxylation is 1. The predicted molar refractivity (Wildman–Crippen MR) is 105 cm³/mol. The van der Waals surface area contributed by atoms with Crippen LogP contribution in [0, 0.1) is 18.8 Å². The van der Waals surface area contributed by atoms with Crippen LogP contribution in [0.2, 0.25) is 0 Å². The number of carbonyl (C=O) groups excluding carboxylic acids is 1. The van der Waals surface area contributed by atoms with Crippen LogP contribution >= 0.6 is 0 Å². The van der Waals surface area contributed by atoms with Gasteiger partial charge in [0.2, 0.25) is 5.78 Å². The highest BCUT2D eigenvalue weighted by molar-refractivity contribution is 6.08.